The number of rotatable bonds is 1. The summed E-state index contributed by atoms with van der Waals surface area (Å²) in [6.45, 7) is 2.00. The van der Waals surface area contributed by atoms with E-state index in [0.717, 1.165) is 21.8 Å². The first-order valence-electron chi connectivity index (χ1n) is 5.25. The van der Waals surface area contributed by atoms with E-state index < -0.39 is 0 Å². The topological polar surface area (TPSA) is 46.0 Å². The lowest BCUT2D eigenvalue weighted by Gasteiger charge is -2.00. The molecule has 0 spiro atoms. The highest BCUT2D eigenvalue weighted by Gasteiger charge is 2.04. The van der Waals surface area contributed by atoms with Crippen LogP contribution in [0.4, 0.5) is 0 Å². The third-order valence-electron chi connectivity index (χ3n) is 2.54. The molecule has 17 heavy (non-hydrogen) atoms. The molecule has 2 aromatic heterocycles. The van der Waals surface area contributed by atoms with E-state index in [-0.39, 0.29) is 5.75 Å². The van der Waals surface area contributed by atoms with E-state index in [4.69, 9.17) is 0 Å². The number of fused-ring (bicyclic) bond motifs is 1. The molecule has 0 atom stereocenters. The lowest BCUT2D eigenvalue weighted by Crippen LogP contribution is -1.82. The summed E-state index contributed by atoms with van der Waals surface area (Å²) in [5.41, 5.74) is 2.86. The first kappa shape index (κ1) is 10.2. The minimum absolute atomic E-state index is 0.180. The van der Waals surface area contributed by atoms with Crippen molar-refractivity contribution >= 4 is 21.6 Å². The van der Waals surface area contributed by atoms with Crippen LogP contribution < -0.4 is 0 Å². The summed E-state index contributed by atoms with van der Waals surface area (Å²) in [5, 5.41) is 10.3. The summed E-state index contributed by atoms with van der Waals surface area (Å²) in [7, 11) is 0. The van der Waals surface area contributed by atoms with Crippen molar-refractivity contribution in [3.05, 3.63) is 41.5 Å². The zero-order valence-electron chi connectivity index (χ0n) is 9.21. The van der Waals surface area contributed by atoms with Crippen LogP contribution >= 0.6 is 11.3 Å². The second-order valence-electron chi connectivity index (χ2n) is 3.82. The Labute approximate surface area is 102 Å². The Morgan fingerprint density at radius 1 is 1.18 bits per heavy atom. The molecule has 0 radical (unpaired) electrons. The number of hydrogen-bond donors (Lipinski definition) is 1. The van der Waals surface area contributed by atoms with Gasteiger partial charge in [0, 0.05) is 5.56 Å². The highest BCUT2D eigenvalue weighted by Crippen LogP contribution is 2.27. The monoisotopic (exact) mass is 242 g/mol. The Hall–Kier alpha value is -1.94. The molecule has 3 rings (SSSR count). The Morgan fingerprint density at radius 3 is 2.82 bits per heavy atom. The van der Waals surface area contributed by atoms with Crippen LogP contribution in [0.5, 0.6) is 5.75 Å². The molecule has 0 saturated carbocycles. The third kappa shape index (κ3) is 1.87. The molecular formula is C13H10N2OS. The second-order valence-corrected chi connectivity index (χ2v) is 5.05. The first-order chi connectivity index (χ1) is 8.22. The van der Waals surface area contributed by atoms with Crippen molar-refractivity contribution in [1.82, 2.24) is 9.97 Å². The number of nitrogens with zero attached hydrogens (tertiary/aromatic N) is 2. The fourth-order valence-electron chi connectivity index (χ4n) is 1.76. The molecule has 4 heteroatoms. The van der Waals surface area contributed by atoms with E-state index in [1.54, 1.807) is 23.5 Å². The molecule has 3 nitrogen and oxygen atoms in total. The highest BCUT2D eigenvalue weighted by molar-refractivity contribution is 7.18. The van der Waals surface area contributed by atoms with Crippen LogP contribution in [0.25, 0.3) is 21.5 Å². The molecule has 0 bridgehead atoms. The van der Waals surface area contributed by atoms with Crippen molar-refractivity contribution in [3.63, 3.8) is 0 Å². The molecule has 3 aromatic rings. The number of benzene rings is 1. The molecule has 1 N–H and O–H groups in total. The standard InChI is InChI=1S/C13H10N2OS/c1-8-15-12-6-9(2-5-13(12)17-8)11-4-3-10(16)7-14-11/h2-7,16H,1H3. The van der Waals surface area contributed by atoms with Crippen molar-refractivity contribution in [3.8, 4) is 17.0 Å². The van der Waals surface area contributed by atoms with Gasteiger partial charge in [-0.15, -0.1) is 11.3 Å². The van der Waals surface area contributed by atoms with Crippen LogP contribution in [-0.4, -0.2) is 15.1 Å². The molecule has 2 heterocycles. The summed E-state index contributed by atoms with van der Waals surface area (Å²) in [5.74, 6) is 0.180. The maximum absolute atomic E-state index is 9.21. The molecule has 84 valence electrons. The molecule has 0 amide bonds. The quantitative estimate of drug-likeness (QED) is 0.711. The number of aromatic hydroxyl groups is 1. The number of hydrogen-bond acceptors (Lipinski definition) is 4. The minimum Gasteiger partial charge on any atom is -0.506 e. The van der Waals surface area contributed by atoms with Gasteiger partial charge in [-0.2, -0.15) is 0 Å². The Bertz CT molecular complexity index is 673. The first-order valence-corrected chi connectivity index (χ1v) is 6.06. The van der Waals surface area contributed by atoms with E-state index in [0.29, 0.717) is 0 Å². The van der Waals surface area contributed by atoms with Crippen LogP contribution in [0.15, 0.2) is 36.5 Å². The Balaban J connectivity index is 2.13. The fraction of sp³-hybridized carbons (Fsp3) is 0.0769. The van der Waals surface area contributed by atoms with Gasteiger partial charge in [0.05, 0.1) is 27.1 Å². The van der Waals surface area contributed by atoms with Crippen LogP contribution in [0, 0.1) is 6.92 Å². The van der Waals surface area contributed by atoms with Gasteiger partial charge in [-0.1, -0.05) is 6.07 Å². The zero-order chi connectivity index (χ0) is 11.8. The number of thiazole rings is 1. The van der Waals surface area contributed by atoms with Crippen molar-refractivity contribution in [1.29, 1.82) is 0 Å². The number of aryl methyl sites for hydroxylation is 1. The van der Waals surface area contributed by atoms with Gasteiger partial charge in [-0.3, -0.25) is 4.98 Å². The third-order valence-corrected chi connectivity index (χ3v) is 3.49. The van der Waals surface area contributed by atoms with Gasteiger partial charge in [-0.25, -0.2) is 4.98 Å². The maximum atomic E-state index is 9.21. The normalized spacial score (nSPS) is 10.9. The predicted molar refractivity (Wildman–Crippen MR) is 69.3 cm³/mol. The van der Waals surface area contributed by atoms with Gasteiger partial charge < -0.3 is 5.11 Å². The van der Waals surface area contributed by atoms with E-state index >= 15 is 0 Å². The van der Waals surface area contributed by atoms with Gasteiger partial charge in [0.25, 0.3) is 0 Å². The lowest BCUT2D eigenvalue weighted by molar-refractivity contribution is 0.473. The SMILES string of the molecule is Cc1nc2cc(-c3ccc(O)cn3)ccc2s1. The van der Waals surface area contributed by atoms with Crippen molar-refractivity contribution < 1.29 is 5.11 Å². The average Bonchev–Trinajstić information content (AvgIpc) is 2.69. The molecule has 0 aliphatic carbocycles. The lowest BCUT2D eigenvalue weighted by atomic mass is 10.1. The Morgan fingerprint density at radius 2 is 2.06 bits per heavy atom. The highest BCUT2D eigenvalue weighted by atomic mass is 32.1. The number of pyridine rings is 1. The average molecular weight is 242 g/mol. The minimum atomic E-state index is 0.180. The smallest absolute Gasteiger partial charge is 0.133 e. The van der Waals surface area contributed by atoms with Gasteiger partial charge in [-0.05, 0) is 31.2 Å². The summed E-state index contributed by atoms with van der Waals surface area (Å²) in [6.07, 6.45) is 1.45. The van der Waals surface area contributed by atoms with E-state index in [9.17, 15) is 5.11 Å². The molecule has 1 aromatic carbocycles. The molecule has 0 fully saturated rings. The fourth-order valence-corrected chi connectivity index (χ4v) is 2.57. The van der Waals surface area contributed by atoms with E-state index in [1.165, 1.54) is 10.9 Å². The second kappa shape index (κ2) is 3.82. The summed E-state index contributed by atoms with van der Waals surface area (Å²) in [4.78, 5) is 8.65. The summed E-state index contributed by atoms with van der Waals surface area (Å²) in [6, 6.07) is 9.55. The molecular weight excluding hydrogens is 232 g/mol. The van der Waals surface area contributed by atoms with Gasteiger partial charge >= 0.3 is 0 Å². The number of aromatic nitrogens is 2. The summed E-state index contributed by atoms with van der Waals surface area (Å²) >= 11 is 1.69. The van der Waals surface area contributed by atoms with Crippen LogP contribution in [0.3, 0.4) is 0 Å². The molecule has 0 aliphatic rings. The molecule has 0 unspecified atom stereocenters. The maximum Gasteiger partial charge on any atom is 0.133 e. The van der Waals surface area contributed by atoms with Crippen molar-refractivity contribution in [2.24, 2.45) is 0 Å². The van der Waals surface area contributed by atoms with Crippen LogP contribution in [0.1, 0.15) is 5.01 Å². The van der Waals surface area contributed by atoms with Gasteiger partial charge in [0.15, 0.2) is 0 Å². The van der Waals surface area contributed by atoms with E-state index in [2.05, 4.69) is 16.0 Å². The molecule has 0 aliphatic heterocycles. The van der Waals surface area contributed by atoms with Gasteiger partial charge in [0.1, 0.15) is 5.75 Å². The van der Waals surface area contributed by atoms with Crippen LogP contribution in [0.2, 0.25) is 0 Å². The summed E-state index contributed by atoms with van der Waals surface area (Å²) < 4.78 is 1.19. The largest absolute Gasteiger partial charge is 0.506 e. The zero-order valence-corrected chi connectivity index (χ0v) is 10.0. The molecule has 0 saturated heterocycles. The van der Waals surface area contributed by atoms with Crippen LogP contribution in [-0.2, 0) is 0 Å². The van der Waals surface area contributed by atoms with Crippen molar-refractivity contribution in [2.75, 3.05) is 0 Å². The van der Waals surface area contributed by atoms with Crippen molar-refractivity contribution in [2.45, 2.75) is 6.92 Å². The van der Waals surface area contributed by atoms with Gasteiger partial charge in [0.2, 0.25) is 0 Å². The van der Waals surface area contributed by atoms with E-state index in [1.807, 2.05) is 19.1 Å². The predicted octanol–water partition coefficient (Wildman–Crippen LogP) is 3.37. The Kier molecular flexibility index (Phi) is 2.30.